The summed E-state index contributed by atoms with van der Waals surface area (Å²) in [5, 5.41) is 6.16. The van der Waals surface area contributed by atoms with E-state index in [-0.39, 0.29) is 16.8 Å². The lowest BCUT2D eigenvalue weighted by atomic mass is 10.1. The number of hydrogen-bond donors (Lipinski definition) is 2. The van der Waals surface area contributed by atoms with Gasteiger partial charge in [-0.25, -0.2) is 13.6 Å². The summed E-state index contributed by atoms with van der Waals surface area (Å²) < 4.78 is 22.7. The van der Waals surface area contributed by atoms with Gasteiger partial charge in [-0.15, -0.1) is 0 Å². The van der Waals surface area contributed by atoms with Gasteiger partial charge in [-0.05, 0) is 48.2 Å². The number of aromatic amines is 1. The Balaban J connectivity index is 1.83. The molecule has 0 radical (unpaired) electrons. The second-order valence-corrected chi connectivity index (χ2v) is 7.55. The molecular formula is C18H19N3O3S. The van der Waals surface area contributed by atoms with Gasteiger partial charge in [0.2, 0.25) is 10.0 Å². The van der Waals surface area contributed by atoms with Crippen LogP contribution >= 0.6 is 0 Å². The number of rotatable bonds is 4. The maximum absolute atomic E-state index is 12.7. The largest absolute Gasteiger partial charge is 0.361 e. The lowest BCUT2D eigenvalue weighted by molar-refractivity contribution is 0.0742. The van der Waals surface area contributed by atoms with Gasteiger partial charge in [-0.2, -0.15) is 0 Å². The number of amides is 1. The standard InChI is InChI=1S/C18H19N3O3S/c1-12(13-5-7-16(8-6-13)25(19,23)24)21(2)18(22)15-4-3-14-9-10-20-17(14)11-15/h3-12,20H,1-2H3,(H2,19,23,24)/t12-/m0/s1. The second kappa shape index (κ2) is 6.34. The van der Waals surface area contributed by atoms with Gasteiger partial charge in [0, 0.05) is 24.3 Å². The van der Waals surface area contributed by atoms with Crippen LogP contribution in [-0.4, -0.2) is 31.3 Å². The Labute approximate surface area is 146 Å². The van der Waals surface area contributed by atoms with E-state index in [0.717, 1.165) is 16.5 Å². The summed E-state index contributed by atoms with van der Waals surface area (Å²) in [4.78, 5) is 17.5. The first-order valence-electron chi connectivity index (χ1n) is 7.74. The van der Waals surface area contributed by atoms with Crippen LogP contribution in [-0.2, 0) is 10.0 Å². The molecule has 130 valence electrons. The van der Waals surface area contributed by atoms with Gasteiger partial charge < -0.3 is 9.88 Å². The molecule has 0 aliphatic rings. The molecular weight excluding hydrogens is 338 g/mol. The molecule has 7 heteroatoms. The van der Waals surface area contributed by atoms with Crippen molar-refractivity contribution in [3.63, 3.8) is 0 Å². The third-order valence-electron chi connectivity index (χ3n) is 4.39. The predicted octanol–water partition coefficient (Wildman–Crippen LogP) is 2.65. The van der Waals surface area contributed by atoms with E-state index in [1.165, 1.54) is 12.1 Å². The molecule has 25 heavy (non-hydrogen) atoms. The zero-order valence-electron chi connectivity index (χ0n) is 13.9. The minimum Gasteiger partial charge on any atom is -0.361 e. The molecule has 0 spiro atoms. The third-order valence-corrected chi connectivity index (χ3v) is 5.32. The number of nitrogens with one attached hydrogen (secondary N) is 1. The van der Waals surface area contributed by atoms with E-state index in [4.69, 9.17) is 5.14 Å². The topological polar surface area (TPSA) is 96.3 Å². The molecule has 1 aromatic heterocycles. The Kier molecular flexibility index (Phi) is 4.36. The maximum Gasteiger partial charge on any atom is 0.254 e. The van der Waals surface area contributed by atoms with Crippen LogP contribution in [0.3, 0.4) is 0 Å². The lowest BCUT2D eigenvalue weighted by Crippen LogP contribution is -2.29. The number of nitrogens with two attached hydrogens (primary N) is 1. The smallest absolute Gasteiger partial charge is 0.254 e. The van der Waals surface area contributed by atoms with Crippen LogP contribution in [0, 0.1) is 0 Å². The van der Waals surface area contributed by atoms with Crippen molar-refractivity contribution in [1.29, 1.82) is 0 Å². The number of carbonyl (C=O) groups is 1. The molecule has 3 aromatic rings. The molecule has 6 nitrogen and oxygen atoms in total. The van der Waals surface area contributed by atoms with E-state index >= 15 is 0 Å². The van der Waals surface area contributed by atoms with Gasteiger partial charge in [0.1, 0.15) is 0 Å². The molecule has 0 saturated heterocycles. The normalized spacial score (nSPS) is 12.9. The minimum absolute atomic E-state index is 0.0506. The van der Waals surface area contributed by atoms with Gasteiger partial charge in [0.15, 0.2) is 0 Å². The number of hydrogen-bond acceptors (Lipinski definition) is 3. The average Bonchev–Trinajstić information content (AvgIpc) is 3.06. The summed E-state index contributed by atoms with van der Waals surface area (Å²) in [7, 11) is -2.00. The zero-order valence-corrected chi connectivity index (χ0v) is 14.7. The van der Waals surface area contributed by atoms with Gasteiger partial charge >= 0.3 is 0 Å². The van der Waals surface area contributed by atoms with E-state index in [2.05, 4.69) is 4.98 Å². The van der Waals surface area contributed by atoms with Crippen molar-refractivity contribution in [2.75, 3.05) is 7.05 Å². The van der Waals surface area contributed by atoms with Crippen LogP contribution < -0.4 is 5.14 Å². The van der Waals surface area contributed by atoms with Gasteiger partial charge in [-0.3, -0.25) is 4.79 Å². The molecule has 0 bridgehead atoms. The van der Waals surface area contributed by atoms with Crippen LogP contribution in [0.1, 0.15) is 28.9 Å². The number of aromatic nitrogens is 1. The SMILES string of the molecule is C[C@@H](c1ccc(S(N)(=O)=O)cc1)N(C)C(=O)c1ccc2cc[nH]c2c1. The fourth-order valence-corrected chi connectivity index (χ4v) is 3.24. The number of fused-ring (bicyclic) bond motifs is 1. The summed E-state index contributed by atoms with van der Waals surface area (Å²) in [5.74, 6) is -0.112. The number of carbonyl (C=O) groups excluding carboxylic acids is 1. The van der Waals surface area contributed by atoms with Crippen LogP contribution in [0.15, 0.2) is 59.6 Å². The first-order valence-corrected chi connectivity index (χ1v) is 9.29. The molecule has 0 aliphatic heterocycles. The quantitative estimate of drug-likeness (QED) is 0.751. The molecule has 0 unspecified atom stereocenters. The summed E-state index contributed by atoms with van der Waals surface area (Å²) >= 11 is 0. The lowest BCUT2D eigenvalue weighted by Gasteiger charge is -2.25. The monoisotopic (exact) mass is 357 g/mol. The molecule has 3 N–H and O–H groups in total. The van der Waals surface area contributed by atoms with Gasteiger partial charge in [-0.1, -0.05) is 18.2 Å². The highest BCUT2D eigenvalue weighted by molar-refractivity contribution is 7.89. The number of primary sulfonamides is 1. The van der Waals surface area contributed by atoms with Crippen molar-refractivity contribution in [1.82, 2.24) is 9.88 Å². The highest BCUT2D eigenvalue weighted by Crippen LogP contribution is 2.23. The molecule has 0 fully saturated rings. The third kappa shape index (κ3) is 3.42. The molecule has 0 saturated carbocycles. The van der Waals surface area contributed by atoms with Crippen molar-refractivity contribution >= 4 is 26.8 Å². The Bertz CT molecular complexity index is 1020. The van der Waals surface area contributed by atoms with E-state index < -0.39 is 10.0 Å². The number of H-pyrrole nitrogens is 1. The molecule has 1 amide bonds. The Hall–Kier alpha value is -2.64. The van der Waals surface area contributed by atoms with Gasteiger partial charge in [0.05, 0.1) is 10.9 Å². The van der Waals surface area contributed by atoms with Crippen LogP contribution in [0.2, 0.25) is 0 Å². The summed E-state index contributed by atoms with van der Waals surface area (Å²) in [6.45, 7) is 1.89. The van der Waals surface area contributed by atoms with E-state index in [1.807, 2.05) is 31.3 Å². The van der Waals surface area contributed by atoms with E-state index in [9.17, 15) is 13.2 Å². The highest BCUT2D eigenvalue weighted by atomic mass is 32.2. The van der Waals surface area contributed by atoms with Crippen molar-refractivity contribution in [3.8, 4) is 0 Å². The van der Waals surface area contributed by atoms with Crippen molar-refractivity contribution in [2.45, 2.75) is 17.9 Å². The Morgan fingerprint density at radius 3 is 2.44 bits per heavy atom. The first-order chi connectivity index (χ1) is 11.8. The summed E-state index contributed by atoms with van der Waals surface area (Å²) in [6, 6.07) is 13.5. The number of nitrogens with zero attached hydrogens (tertiary/aromatic N) is 1. The van der Waals surface area contributed by atoms with Crippen molar-refractivity contribution < 1.29 is 13.2 Å². The fourth-order valence-electron chi connectivity index (χ4n) is 2.72. The zero-order chi connectivity index (χ0) is 18.2. The molecule has 0 aliphatic carbocycles. The molecule has 2 aromatic carbocycles. The Morgan fingerprint density at radius 1 is 1.12 bits per heavy atom. The Morgan fingerprint density at radius 2 is 1.80 bits per heavy atom. The van der Waals surface area contributed by atoms with Crippen LogP contribution in [0.4, 0.5) is 0 Å². The fraction of sp³-hybridized carbons (Fsp3) is 0.167. The first kappa shape index (κ1) is 17.2. The van der Waals surface area contributed by atoms with Gasteiger partial charge in [0.25, 0.3) is 5.91 Å². The van der Waals surface area contributed by atoms with Crippen molar-refractivity contribution in [2.24, 2.45) is 5.14 Å². The second-order valence-electron chi connectivity index (χ2n) is 5.99. The molecule has 1 atom stereocenters. The molecule has 3 rings (SSSR count). The minimum atomic E-state index is -3.72. The summed E-state index contributed by atoms with van der Waals surface area (Å²) in [5.41, 5.74) is 2.32. The van der Waals surface area contributed by atoms with Crippen molar-refractivity contribution in [3.05, 3.63) is 65.9 Å². The van der Waals surface area contributed by atoms with E-state index in [1.54, 1.807) is 30.1 Å². The van der Waals surface area contributed by atoms with Crippen LogP contribution in [0.25, 0.3) is 10.9 Å². The molecule has 1 heterocycles. The highest BCUT2D eigenvalue weighted by Gasteiger charge is 2.20. The van der Waals surface area contributed by atoms with Crippen LogP contribution in [0.5, 0.6) is 0 Å². The maximum atomic E-state index is 12.7. The number of sulfonamides is 1. The van der Waals surface area contributed by atoms with E-state index in [0.29, 0.717) is 5.56 Å². The predicted molar refractivity (Wildman–Crippen MR) is 96.6 cm³/mol. The average molecular weight is 357 g/mol. The number of benzene rings is 2. The summed E-state index contributed by atoms with van der Waals surface area (Å²) in [6.07, 6.45) is 1.83.